The minimum absolute atomic E-state index is 0. The molecule has 0 fully saturated rings. The molecule has 0 unspecified atom stereocenters. The lowest BCUT2D eigenvalue weighted by molar-refractivity contribution is 0.570. The normalized spacial score (nSPS) is 12.4. The van der Waals surface area contributed by atoms with Crippen molar-refractivity contribution < 1.29 is 4.52 Å². The van der Waals surface area contributed by atoms with Crippen molar-refractivity contribution in [1.29, 1.82) is 0 Å². The second-order valence-electron chi connectivity index (χ2n) is 3.96. The molecule has 1 N–H and O–H groups in total. The average Bonchev–Trinajstić information content (AvgIpc) is 2.50. The first kappa shape index (κ1) is 16.5. The van der Waals surface area contributed by atoms with Gasteiger partial charge in [-0.3, -0.25) is 5.09 Å². The zero-order valence-corrected chi connectivity index (χ0v) is 12.7. The molecule has 0 saturated carbocycles. The van der Waals surface area contributed by atoms with Crippen LogP contribution in [0.4, 0.5) is 0 Å². The van der Waals surface area contributed by atoms with Gasteiger partial charge in [-0.1, -0.05) is 48.5 Å². The number of allylic oxidation sites excluding steroid dienone is 1. The fourth-order valence-electron chi connectivity index (χ4n) is 1.76. The number of hydrogen-bond acceptors (Lipinski definition) is 2. The smallest absolute Gasteiger partial charge is 0.193 e. The molecule has 2 nitrogen and oxygen atoms in total. The largest absolute Gasteiger partial charge is 0.454 e. The highest BCUT2D eigenvalue weighted by Gasteiger charge is 2.13. The van der Waals surface area contributed by atoms with Gasteiger partial charge < -0.3 is 4.52 Å². The predicted molar refractivity (Wildman–Crippen MR) is 89.0 cm³/mol. The molecule has 20 heavy (non-hydrogen) atoms. The Bertz CT molecular complexity index is 531. The van der Waals surface area contributed by atoms with Gasteiger partial charge in [-0.05, 0) is 32.2 Å². The molecule has 4 heteroatoms. The van der Waals surface area contributed by atoms with Crippen LogP contribution in [0.25, 0.3) is 5.76 Å². The Balaban J connectivity index is 0.00000200. The van der Waals surface area contributed by atoms with Crippen molar-refractivity contribution in [1.82, 2.24) is 5.09 Å². The van der Waals surface area contributed by atoms with Crippen molar-refractivity contribution in [2.75, 3.05) is 7.05 Å². The van der Waals surface area contributed by atoms with Crippen LogP contribution < -0.4 is 10.4 Å². The number of hydrogen-bond donors (Lipinski definition) is 1. The summed E-state index contributed by atoms with van der Waals surface area (Å²) in [4.78, 5) is 0. The molecule has 0 spiro atoms. The van der Waals surface area contributed by atoms with E-state index in [1.165, 1.54) is 5.30 Å². The molecule has 0 saturated heterocycles. The molecule has 2 aromatic carbocycles. The van der Waals surface area contributed by atoms with Gasteiger partial charge in [0.1, 0.15) is 5.76 Å². The van der Waals surface area contributed by atoms with Gasteiger partial charge in [-0.2, -0.15) is 0 Å². The fraction of sp³-hybridized carbons (Fsp3) is 0.125. The van der Waals surface area contributed by atoms with E-state index in [0.29, 0.717) is 0 Å². The van der Waals surface area contributed by atoms with Gasteiger partial charge in [-0.15, -0.1) is 0 Å². The lowest BCUT2D eigenvalue weighted by Crippen LogP contribution is -2.12. The third-order valence-electron chi connectivity index (χ3n) is 2.70. The first-order valence-corrected chi connectivity index (χ1v) is 7.53. The van der Waals surface area contributed by atoms with Gasteiger partial charge in [0.05, 0.1) is 0 Å². The SMILES string of the molecule is C/C=C(/O[P@@](NC)c1ccccc1)c1ccccc1.[B]. The molecule has 0 amide bonds. The molecule has 0 aliphatic heterocycles. The second-order valence-corrected chi connectivity index (χ2v) is 5.70. The number of benzene rings is 2. The van der Waals surface area contributed by atoms with Crippen LogP contribution in [0.1, 0.15) is 12.5 Å². The van der Waals surface area contributed by atoms with Crippen molar-refractivity contribution in [3.8, 4) is 0 Å². The van der Waals surface area contributed by atoms with E-state index in [0.717, 1.165) is 11.3 Å². The summed E-state index contributed by atoms with van der Waals surface area (Å²) in [5.41, 5.74) is 1.10. The maximum absolute atomic E-state index is 6.14. The Kier molecular flexibility index (Phi) is 7.07. The van der Waals surface area contributed by atoms with Gasteiger partial charge in [-0.25, -0.2) is 0 Å². The number of nitrogens with one attached hydrogen (secondary N) is 1. The van der Waals surface area contributed by atoms with Crippen molar-refractivity contribution in [3.63, 3.8) is 0 Å². The third-order valence-corrected chi connectivity index (χ3v) is 4.26. The molecule has 2 aromatic rings. The van der Waals surface area contributed by atoms with Crippen LogP contribution in [0.3, 0.4) is 0 Å². The highest BCUT2D eigenvalue weighted by molar-refractivity contribution is 7.59. The van der Waals surface area contributed by atoms with Crippen LogP contribution in [0, 0.1) is 0 Å². The minimum Gasteiger partial charge on any atom is -0.454 e. The Morgan fingerprint density at radius 1 is 1.00 bits per heavy atom. The first-order chi connectivity index (χ1) is 9.35. The standard InChI is InChI=1S/C16H18NOP.B/c1-3-16(14-10-6-4-7-11-14)18-19(17-2)15-12-8-5-9-13-15;/h3-13,17H,1-2H3;/b16-3+;/t19-;/m1./s1. The van der Waals surface area contributed by atoms with Gasteiger partial charge in [0.25, 0.3) is 0 Å². The maximum Gasteiger partial charge on any atom is 0.193 e. The van der Waals surface area contributed by atoms with Crippen molar-refractivity contribution in [2.24, 2.45) is 0 Å². The van der Waals surface area contributed by atoms with E-state index in [-0.39, 0.29) is 8.41 Å². The predicted octanol–water partition coefficient (Wildman–Crippen LogP) is 3.54. The zero-order chi connectivity index (χ0) is 13.5. The van der Waals surface area contributed by atoms with E-state index in [9.17, 15) is 0 Å². The number of rotatable bonds is 5. The average molecular weight is 282 g/mol. The Labute approximate surface area is 124 Å². The summed E-state index contributed by atoms with van der Waals surface area (Å²) < 4.78 is 6.14. The molecule has 3 radical (unpaired) electrons. The monoisotopic (exact) mass is 282 g/mol. The van der Waals surface area contributed by atoms with Crippen molar-refractivity contribution in [3.05, 3.63) is 72.3 Å². The molecule has 1 atom stereocenters. The molecule has 0 heterocycles. The third kappa shape index (κ3) is 4.23. The van der Waals surface area contributed by atoms with Crippen molar-refractivity contribution in [2.45, 2.75) is 6.92 Å². The van der Waals surface area contributed by atoms with Crippen LogP contribution in [-0.4, -0.2) is 15.5 Å². The van der Waals surface area contributed by atoms with Crippen LogP contribution >= 0.6 is 8.30 Å². The highest BCUT2D eigenvalue weighted by atomic mass is 31.2. The van der Waals surface area contributed by atoms with E-state index in [4.69, 9.17) is 4.52 Å². The van der Waals surface area contributed by atoms with Crippen LogP contribution in [0.15, 0.2) is 66.7 Å². The van der Waals surface area contributed by atoms with E-state index >= 15 is 0 Å². The topological polar surface area (TPSA) is 21.3 Å². The van der Waals surface area contributed by atoms with Crippen molar-refractivity contribution >= 4 is 27.8 Å². The van der Waals surface area contributed by atoms with E-state index < -0.39 is 8.30 Å². The quantitative estimate of drug-likeness (QED) is 0.514. The lowest BCUT2D eigenvalue weighted by Gasteiger charge is -2.19. The minimum atomic E-state index is -0.841. The first-order valence-electron chi connectivity index (χ1n) is 6.27. The summed E-state index contributed by atoms with van der Waals surface area (Å²) in [5, 5.41) is 4.43. The molecule has 101 valence electrons. The molecule has 0 aromatic heterocycles. The molecule has 0 aliphatic rings. The van der Waals surface area contributed by atoms with Gasteiger partial charge in [0.2, 0.25) is 0 Å². The molecule has 0 aliphatic carbocycles. The molecule has 2 rings (SSSR count). The lowest BCUT2D eigenvalue weighted by atomic mass is 10.2. The van der Waals surface area contributed by atoms with Crippen LogP contribution in [0.2, 0.25) is 0 Å². The van der Waals surface area contributed by atoms with Gasteiger partial charge >= 0.3 is 0 Å². The summed E-state index contributed by atoms with van der Waals surface area (Å²) in [6.07, 6.45) is 2.00. The van der Waals surface area contributed by atoms with E-state index in [1.807, 2.05) is 56.4 Å². The van der Waals surface area contributed by atoms with E-state index in [1.54, 1.807) is 0 Å². The Hall–Kier alpha value is -1.57. The second kappa shape index (κ2) is 8.57. The summed E-state index contributed by atoms with van der Waals surface area (Å²) >= 11 is 0. The zero-order valence-electron chi connectivity index (χ0n) is 11.8. The van der Waals surface area contributed by atoms with Crippen LogP contribution in [0.5, 0.6) is 0 Å². The molecular weight excluding hydrogens is 264 g/mol. The summed E-state index contributed by atoms with van der Waals surface area (Å²) in [6.45, 7) is 2.00. The molecular formula is C16H18BNOP. The summed E-state index contributed by atoms with van der Waals surface area (Å²) in [5.74, 6) is 0.907. The maximum atomic E-state index is 6.14. The summed E-state index contributed by atoms with van der Waals surface area (Å²) in [6, 6.07) is 20.4. The molecule has 0 bridgehead atoms. The Morgan fingerprint density at radius 2 is 1.55 bits per heavy atom. The summed E-state index contributed by atoms with van der Waals surface area (Å²) in [7, 11) is 1.09. The fourth-order valence-corrected chi connectivity index (χ4v) is 3.07. The Morgan fingerprint density at radius 3 is 2.05 bits per heavy atom. The van der Waals surface area contributed by atoms with Crippen LogP contribution in [-0.2, 0) is 4.52 Å². The highest BCUT2D eigenvalue weighted by Crippen LogP contribution is 2.36. The van der Waals surface area contributed by atoms with Gasteiger partial charge in [0.15, 0.2) is 8.30 Å². The van der Waals surface area contributed by atoms with E-state index in [2.05, 4.69) is 29.4 Å². The van der Waals surface area contributed by atoms with Gasteiger partial charge in [0, 0.05) is 19.3 Å².